The van der Waals surface area contributed by atoms with Gasteiger partial charge in [0.1, 0.15) is 17.0 Å². The summed E-state index contributed by atoms with van der Waals surface area (Å²) in [7, 11) is 0. The standard InChI is InChI=1S/C27H16BrCl2N3O3S/c28-16-3-1-2-15(12-16)26-32-22-14-18(5-9-24(22)36-26)31-27(37)33-25(34)11-7-19-6-10-23(35-19)20-8-4-17(29)13-21(20)30/h1-14H,(H2,31,33,34,37)/b11-7+. The number of oxazole rings is 1. The predicted octanol–water partition coefficient (Wildman–Crippen LogP) is 8.35. The Hall–Kier alpha value is -3.43. The van der Waals surface area contributed by atoms with Crippen LogP contribution in [0.2, 0.25) is 10.0 Å². The highest BCUT2D eigenvalue weighted by Gasteiger charge is 2.11. The maximum absolute atomic E-state index is 12.4. The minimum atomic E-state index is -0.417. The number of fused-ring (bicyclic) bond motifs is 1. The molecule has 3 aromatic carbocycles. The van der Waals surface area contributed by atoms with Crippen LogP contribution in [0.3, 0.4) is 0 Å². The molecule has 0 aliphatic rings. The molecule has 0 saturated carbocycles. The van der Waals surface area contributed by atoms with Crippen LogP contribution in [-0.2, 0) is 4.79 Å². The van der Waals surface area contributed by atoms with Gasteiger partial charge in [-0.1, -0.05) is 45.2 Å². The number of carbonyl (C=O) groups excluding carboxylic acids is 1. The second-order valence-electron chi connectivity index (χ2n) is 7.81. The van der Waals surface area contributed by atoms with Crippen molar-refractivity contribution in [3.05, 3.63) is 99.2 Å². The molecule has 6 nitrogen and oxygen atoms in total. The molecule has 0 saturated heterocycles. The van der Waals surface area contributed by atoms with Gasteiger partial charge < -0.3 is 14.2 Å². The van der Waals surface area contributed by atoms with Crippen LogP contribution in [0.5, 0.6) is 0 Å². The van der Waals surface area contributed by atoms with Gasteiger partial charge in [-0.15, -0.1) is 0 Å². The number of rotatable bonds is 5. The van der Waals surface area contributed by atoms with Gasteiger partial charge in [-0.3, -0.25) is 10.1 Å². The number of nitrogens with one attached hydrogen (secondary N) is 2. The van der Waals surface area contributed by atoms with Gasteiger partial charge in [-0.2, -0.15) is 0 Å². The monoisotopic (exact) mass is 611 g/mol. The second-order valence-corrected chi connectivity index (χ2v) is 9.98. The smallest absolute Gasteiger partial charge is 0.250 e. The van der Waals surface area contributed by atoms with Gasteiger partial charge in [-0.25, -0.2) is 4.98 Å². The number of nitrogens with zero attached hydrogens (tertiary/aromatic N) is 1. The number of halogens is 3. The lowest BCUT2D eigenvalue weighted by atomic mass is 10.2. The summed E-state index contributed by atoms with van der Waals surface area (Å²) in [4.78, 5) is 16.9. The van der Waals surface area contributed by atoms with Crippen LogP contribution in [0.25, 0.3) is 40.0 Å². The number of thiocarbonyl (C=S) groups is 1. The first kappa shape index (κ1) is 25.2. The molecule has 2 N–H and O–H groups in total. The fraction of sp³-hybridized carbons (Fsp3) is 0. The SMILES string of the molecule is O=C(/C=C/c1ccc(-c2ccc(Cl)cc2Cl)o1)NC(=S)Nc1ccc2oc(-c3cccc(Br)c3)nc2c1. The summed E-state index contributed by atoms with van der Waals surface area (Å²) in [6, 6.07) is 21.7. The van der Waals surface area contributed by atoms with Crippen LogP contribution in [0.4, 0.5) is 5.69 Å². The number of furan rings is 1. The normalized spacial score (nSPS) is 11.2. The zero-order valence-electron chi connectivity index (χ0n) is 18.8. The maximum atomic E-state index is 12.4. The molecule has 10 heteroatoms. The Labute approximate surface area is 235 Å². The first-order chi connectivity index (χ1) is 17.8. The fourth-order valence-corrected chi connectivity index (χ4v) is 4.62. The van der Waals surface area contributed by atoms with E-state index in [-0.39, 0.29) is 5.11 Å². The van der Waals surface area contributed by atoms with Crippen LogP contribution in [-0.4, -0.2) is 16.0 Å². The minimum absolute atomic E-state index is 0.137. The fourth-order valence-electron chi connectivity index (χ4n) is 3.50. The molecule has 2 heterocycles. The van der Waals surface area contributed by atoms with Crippen LogP contribution >= 0.6 is 51.3 Å². The summed E-state index contributed by atoms with van der Waals surface area (Å²) in [6.07, 6.45) is 2.86. The number of hydrogen-bond acceptors (Lipinski definition) is 5. The van der Waals surface area contributed by atoms with Crippen molar-refractivity contribution in [3.63, 3.8) is 0 Å². The Bertz CT molecular complexity index is 1680. The Balaban J connectivity index is 1.21. The molecule has 0 aliphatic heterocycles. The van der Waals surface area contributed by atoms with E-state index < -0.39 is 5.91 Å². The topological polar surface area (TPSA) is 80.3 Å². The molecule has 0 radical (unpaired) electrons. The molecule has 2 aromatic heterocycles. The molecule has 37 heavy (non-hydrogen) atoms. The average Bonchev–Trinajstić information content (AvgIpc) is 3.49. The molecule has 0 fully saturated rings. The third-order valence-corrected chi connectivity index (χ3v) is 6.42. The van der Waals surface area contributed by atoms with Gasteiger partial charge in [0.15, 0.2) is 10.7 Å². The minimum Gasteiger partial charge on any atom is -0.457 e. The molecule has 184 valence electrons. The summed E-state index contributed by atoms with van der Waals surface area (Å²) in [5.41, 5.74) is 3.51. The van der Waals surface area contributed by atoms with Crippen molar-refractivity contribution in [2.75, 3.05) is 5.32 Å². The van der Waals surface area contributed by atoms with Crippen molar-refractivity contribution in [1.82, 2.24) is 10.3 Å². The van der Waals surface area contributed by atoms with E-state index in [1.165, 1.54) is 12.2 Å². The van der Waals surface area contributed by atoms with Gasteiger partial charge in [-0.05, 0) is 85.0 Å². The molecule has 5 aromatic rings. The van der Waals surface area contributed by atoms with Crippen molar-refractivity contribution in [3.8, 4) is 22.8 Å². The summed E-state index contributed by atoms with van der Waals surface area (Å²) in [6.45, 7) is 0. The van der Waals surface area contributed by atoms with E-state index >= 15 is 0 Å². The zero-order valence-corrected chi connectivity index (χ0v) is 22.7. The van der Waals surface area contributed by atoms with Crippen LogP contribution < -0.4 is 10.6 Å². The number of carbonyl (C=O) groups is 1. The number of hydrogen-bond donors (Lipinski definition) is 2. The van der Waals surface area contributed by atoms with Crippen molar-refractivity contribution < 1.29 is 13.6 Å². The van der Waals surface area contributed by atoms with Gasteiger partial charge in [0, 0.05) is 32.4 Å². The zero-order chi connectivity index (χ0) is 25.9. The van der Waals surface area contributed by atoms with Crippen molar-refractivity contribution >= 4 is 85.2 Å². The molecule has 0 unspecified atom stereocenters. The lowest BCUT2D eigenvalue weighted by Crippen LogP contribution is -2.32. The molecular weight excluding hydrogens is 597 g/mol. The molecule has 1 amide bonds. The number of amides is 1. The van der Waals surface area contributed by atoms with Crippen molar-refractivity contribution in [2.45, 2.75) is 0 Å². The molecule has 0 aliphatic carbocycles. The van der Waals surface area contributed by atoms with Crippen LogP contribution in [0.15, 0.2) is 92.2 Å². The van der Waals surface area contributed by atoms with E-state index in [1.807, 2.05) is 24.3 Å². The average molecular weight is 613 g/mol. The highest BCUT2D eigenvalue weighted by Crippen LogP contribution is 2.32. The van der Waals surface area contributed by atoms with Gasteiger partial charge >= 0.3 is 0 Å². The second kappa shape index (κ2) is 10.9. The van der Waals surface area contributed by atoms with Gasteiger partial charge in [0.2, 0.25) is 11.8 Å². The van der Waals surface area contributed by atoms with Crippen LogP contribution in [0.1, 0.15) is 5.76 Å². The summed E-state index contributed by atoms with van der Waals surface area (Å²) in [5, 5.41) is 6.74. The number of anilines is 1. The van der Waals surface area contributed by atoms with E-state index in [2.05, 4.69) is 31.5 Å². The highest BCUT2D eigenvalue weighted by atomic mass is 79.9. The number of benzene rings is 3. The van der Waals surface area contributed by atoms with E-state index in [1.54, 1.807) is 48.5 Å². The molecule has 0 spiro atoms. The lowest BCUT2D eigenvalue weighted by Gasteiger charge is -2.07. The van der Waals surface area contributed by atoms with Gasteiger partial charge in [0.25, 0.3) is 0 Å². The van der Waals surface area contributed by atoms with E-state index in [4.69, 9.17) is 44.3 Å². The van der Waals surface area contributed by atoms with Crippen molar-refractivity contribution in [2.24, 2.45) is 0 Å². The van der Waals surface area contributed by atoms with Crippen molar-refractivity contribution in [1.29, 1.82) is 0 Å². The Morgan fingerprint density at radius 3 is 2.68 bits per heavy atom. The largest absolute Gasteiger partial charge is 0.457 e. The van der Waals surface area contributed by atoms with Crippen LogP contribution in [0, 0.1) is 0 Å². The predicted molar refractivity (Wildman–Crippen MR) is 155 cm³/mol. The quantitative estimate of drug-likeness (QED) is 0.153. The lowest BCUT2D eigenvalue weighted by molar-refractivity contribution is -0.115. The Morgan fingerprint density at radius 1 is 1.00 bits per heavy atom. The Morgan fingerprint density at radius 2 is 1.86 bits per heavy atom. The summed E-state index contributed by atoms with van der Waals surface area (Å²) >= 11 is 20.9. The Kier molecular flexibility index (Phi) is 7.43. The highest BCUT2D eigenvalue weighted by molar-refractivity contribution is 9.10. The molecular formula is C27H16BrCl2N3O3S. The molecule has 0 bridgehead atoms. The summed E-state index contributed by atoms with van der Waals surface area (Å²) < 4.78 is 12.6. The van der Waals surface area contributed by atoms with E-state index in [0.717, 1.165) is 10.0 Å². The first-order valence-electron chi connectivity index (χ1n) is 10.9. The summed E-state index contributed by atoms with van der Waals surface area (Å²) in [5.74, 6) is 1.13. The van der Waals surface area contributed by atoms with Gasteiger partial charge in [0.05, 0.1) is 5.02 Å². The third-order valence-electron chi connectivity index (χ3n) is 5.18. The van der Waals surface area contributed by atoms with E-state index in [9.17, 15) is 4.79 Å². The van der Waals surface area contributed by atoms with E-state index in [0.29, 0.717) is 49.8 Å². The maximum Gasteiger partial charge on any atom is 0.250 e. The third kappa shape index (κ3) is 6.11. The number of aromatic nitrogens is 1. The first-order valence-corrected chi connectivity index (χ1v) is 12.8. The molecule has 5 rings (SSSR count). The molecule has 0 atom stereocenters.